The lowest BCUT2D eigenvalue weighted by Crippen LogP contribution is -2.24. The lowest BCUT2D eigenvalue weighted by molar-refractivity contribution is 0.588. The standard InChI is InChI=1S/C16H18BrFN2/c1-3-7-20-16(13-10-19-8-6-11(13)2)12-4-5-15(18)14(17)9-12/h4-6,8-10,16,20H,3,7H2,1-2H3. The van der Waals surface area contributed by atoms with E-state index in [2.05, 4.69) is 40.1 Å². The van der Waals surface area contributed by atoms with Crippen LogP contribution in [0, 0.1) is 12.7 Å². The van der Waals surface area contributed by atoms with Gasteiger partial charge in [-0.25, -0.2) is 4.39 Å². The van der Waals surface area contributed by atoms with E-state index in [1.54, 1.807) is 6.20 Å². The normalized spacial score (nSPS) is 12.4. The van der Waals surface area contributed by atoms with Gasteiger partial charge < -0.3 is 5.32 Å². The van der Waals surface area contributed by atoms with Crippen molar-refractivity contribution in [1.82, 2.24) is 10.3 Å². The van der Waals surface area contributed by atoms with Crippen LogP contribution in [0.2, 0.25) is 0 Å². The largest absolute Gasteiger partial charge is 0.306 e. The van der Waals surface area contributed by atoms with Crippen molar-refractivity contribution >= 4 is 15.9 Å². The number of nitrogens with one attached hydrogen (secondary N) is 1. The van der Waals surface area contributed by atoms with Gasteiger partial charge in [-0.2, -0.15) is 0 Å². The molecule has 20 heavy (non-hydrogen) atoms. The van der Waals surface area contributed by atoms with Crippen LogP contribution in [0.1, 0.15) is 36.1 Å². The summed E-state index contributed by atoms with van der Waals surface area (Å²) >= 11 is 3.26. The SMILES string of the molecule is CCCNC(c1ccc(F)c(Br)c1)c1cnccc1C. The van der Waals surface area contributed by atoms with Crippen molar-refractivity contribution in [3.8, 4) is 0 Å². The second-order valence-electron chi connectivity index (χ2n) is 4.79. The summed E-state index contributed by atoms with van der Waals surface area (Å²) in [6.07, 6.45) is 4.70. The zero-order valence-corrected chi connectivity index (χ0v) is 13.2. The Balaban J connectivity index is 2.41. The molecule has 0 amide bonds. The molecule has 0 radical (unpaired) electrons. The highest BCUT2D eigenvalue weighted by molar-refractivity contribution is 9.10. The molecule has 1 aromatic carbocycles. The van der Waals surface area contributed by atoms with Crippen LogP contribution in [-0.4, -0.2) is 11.5 Å². The fourth-order valence-corrected chi connectivity index (χ4v) is 2.56. The zero-order valence-electron chi connectivity index (χ0n) is 11.7. The minimum Gasteiger partial charge on any atom is -0.306 e. The quantitative estimate of drug-likeness (QED) is 0.876. The number of hydrogen-bond donors (Lipinski definition) is 1. The van der Waals surface area contributed by atoms with E-state index in [0.29, 0.717) is 4.47 Å². The maximum Gasteiger partial charge on any atom is 0.137 e. The maximum absolute atomic E-state index is 13.4. The smallest absolute Gasteiger partial charge is 0.137 e. The maximum atomic E-state index is 13.4. The van der Waals surface area contributed by atoms with Gasteiger partial charge in [0.25, 0.3) is 0 Å². The van der Waals surface area contributed by atoms with Gasteiger partial charge in [0.05, 0.1) is 10.5 Å². The van der Waals surface area contributed by atoms with Crippen molar-refractivity contribution in [1.29, 1.82) is 0 Å². The molecule has 0 spiro atoms. The van der Waals surface area contributed by atoms with E-state index in [0.717, 1.165) is 24.1 Å². The highest BCUT2D eigenvalue weighted by Gasteiger charge is 2.16. The van der Waals surface area contributed by atoms with Crippen molar-refractivity contribution in [2.75, 3.05) is 6.54 Å². The van der Waals surface area contributed by atoms with E-state index in [-0.39, 0.29) is 11.9 Å². The molecule has 0 aliphatic heterocycles. The monoisotopic (exact) mass is 336 g/mol. The summed E-state index contributed by atoms with van der Waals surface area (Å²) in [4.78, 5) is 4.21. The molecule has 106 valence electrons. The number of aromatic nitrogens is 1. The summed E-state index contributed by atoms with van der Waals surface area (Å²) in [5, 5.41) is 3.51. The van der Waals surface area contributed by atoms with E-state index in [1.165, 1.54) is 11.6 Å². The molecule has 1 aromatic heterocycles. The van der Waals surface area contributed by atoms with Gasteiger partial charge >= 0.3 is 0 Å². The van der Waals surface area contributed by atoms with Gasteiger partial charge in [-0.15, -0.1) is 0 Å². The second-order valence-corrected chi connectivity index (χ2v) is 5.65. The first-order valence-corrected chi connectivity index (χ1v) is 7.51. The first-order valence-electron chi connectivity index (χ1n) is 6.72. The van der Waals surface area contributed by atoms with E-state index >= 15 is 0 Å². The Morgan fingerprint density at radius 3 is 2.80 bits per heavy atom. The van der Waals surface area contributed by atoms with E-state index in [4.69, 9.17) is 0 Å². The van der Waals surface area contributed by atoms with E-state index in [1.807, 2.05) is 24.4 Å². The van der Waals surface area contributed by atoms with Gasteiger partial charge in [0.2, 0.25) is 0 Å². The second kappa shape index (κ2) is 6.95. The lowest BCUT2D eigenvalue weighted by atomic mass is 9.96. The fraction of sp³-hybridized carbons (Fsp3) is 0.312. The average Bonchev–Trinajstić information content (AvgIpc) is 2.44. The minimum atomic E-state index is -0.245. The molecule has 2 nitrogen and oxygen atoms in total. The Morgan fingerprint density at radius 1 is 1.35 bits per heavy atom. The average molecular weight is 337 g/mol. The molecule has 0 aliphatic carbocycles. The number of benzene rings is 1. The van der Waals surface area contributed by atoms with Crippen LogP contribution in [-0.2, 0) is 0 Å². The topological polar surface area (TPSA) is 24.9 Å². The van der Waals surface area contributed by atoms with Crippen molar-refractivity contribution in [3.05, 3.63) is 63.6 Å². The molecular weight excluding hydrogens is 319 g/mol. The van der Waals surface area contributed by atoms with Gasteiger partial charge in [0, 0.05) is 12.4 Å². The predicted molar refractivity (Wildman–Crippen MR) is 83.2 cm³/mol. The Labute approximate surface area is 127 Å². The van der Waals surface area contributed by atoms with E-state index < -0.39 is 0 Å². The van der Waals surface area contributed by atoms with Gasteiger partial charge in [0.1, 0.15) is 5.82 Å². The first kappa shape index (κ1) is 15.1. The predicted octanol–water partition coefficient (Wildman–Crippen LogP) is 4.38. The molecule has 0 aliphatic rings. The molecule has 4 heteroatoms. The number of hydrogen-bond acceptors (Lipinski definition) is 2. The highest BCUT2D eigenvalue weighted by Crippen LogP contribution is 2.27. The minimum absolute atomic E-state index is 0.0283. The molecule has 2 aromatic rings. The van der Waals surface area contributed by atoms with E-state index in [9.17, 15) is 4.39 Å². The fourth-order valence-electron chi connectivity index (χ4n) is 2.17. The van der Waals surface area contributed by atoms with Gasteiger partial charge in [-0.05, 0) is 70.7 Å². The molecule has 1 atom stereocenters. The third-order valence-corrected chi connectivity index (χ3v) is 3.87. The number of aryl methyl sites for hydroxylation is 1. The molecule has 0 fully saturated rings. The summed E-state index contributed by atoms with van der Waals surface area (Å²) in [6.45, 7) is 5.09. The third-order valence-electron chi connectivity index (χ3n) is 3.27. The Kier molecular flexibility index (Phi) is 5.26. The summed E-state index contributed by atoms with van der Waals surface area (Å²) in [5.74, 6) is -0.245. The lowest BCUT2D eigenvalue weighted by Gasteiger charge is -2.21. The van der Waals surface area contributed by atoms with Crippen LogP contribution in [0.4, 0.5) is 4.39 Å². The molecular formula is C16H18BrFN2. The van der Waals surface area contributed by atoms with Crippen molar-refractivity contribution in [2.45, 2.75) is 26.3 Å². The number of nitrogens with zero attached hydrogens (tertiary/aromatic N) is 1. The van der Waals surface area contributed by atoms with Crippen LogP contribution in [0.15, 0.2) is 41.1 Å². The molecule has 2 rings (SSSR count). The number of pyridine rings is 1. The van der Waals surface area contributed by atoms with Crippen LogP contribution < -0.4 is 5.32 Å². The van der Waals surface area contributed by atoms with Crippen LogP contribution in [0.25, 0.3) is 0 Å². The molecule has 1 heterocycles. The van der Waals surface area contributed by atoms with Crippen molar-refractivity contribution < 1.29 is 4.39 Å². The van der Waals surface area contributed by atoms with Gasteiger partial charge in [0.15, 0.2) is 0 Å². The van der Waals surface area contributed by atoms with Gasteiger partial charge in [-0.1, -0.05) is 13.0 Å². The van der Waals surface area contributed by atoms with Crippen molar-refractivity contribution in [3.63, 3.8) is 0 Å². The summed E-state index contributed by atoms with van der Waals surface area (Å²) < 4.78 is 13.9. The highest BCUT2D eigenvalue weighted by atomic mass is 79.9. The number of rotatable bonds is 5. The molecule has 1 unspecified atom stereocenters. The Morgan fingerprint density at radius 2 is 2.15 bits per heavy atom. The van der Waals surface area contributed by atoms with Crippen LogP contribution in [0.5, 0.6) is 0 Å². The summed E-state index contributed by atoms with van der Waals surface area (Å²) in [6, 6.07) is 7.16. The summed E-state index contributed by atoms with van der Waals surface area (Å²) in [7, 11) is 0. The van der Waals surface area contributed by atoms with Crippen LogP contribution in [0.3, 0.4) is 0 Å². The third kappa shape index (κ3) is 3.44. The molecule has 0 bridgehead atoms. The van der Waals surface area contributed by atoms with Crippen LogP contribution >= 0.6 is 15.9 Å². The molecule has 0 saturated heterocycles. The van der Waals surface area contributed by atoms with Crippen molar-refractivity contribution in [2.24, 2.45) is 0 Å². The van der Waals surface area contributed by atoms with Gasteiger partial charge in [-0.3, -0.25) is 4.98 Å². The number of halogens is 2. The Hall–Kier alpha value is -1.26. The first-order chi connectivity index (χ1) is 9.63. The Bertz CT molecular complexity index is 586. The zero-order chi connectivity index (χ0) is 14.5. The molecule has 1 N–H and O–H groups in total. The summed E-state index contributed by atoms with van der Waals surface area (Å²) in [5.41, 5.74) is 3.33. The molecule has 0 saturated carbocycles.